The first kappa shape index (κ1) is 22.5. The maximum Gasteiger partial charge on any atom is 0.261 e. The lowest BCUT2D eigenvalue weighted by Crippen LogP contribution is -2.17. The molecule has 0 bridgehead atoms. The molecule has 0 spiro atoms. The average molecular weight is 461 g/mol. The van der Waals surface area contributed by atoms with Crippen molar-refractivity contribution in [3.05, 3.63) is 76.8 Å². The Hall–Kier alpha value is -3.23. The van der Waals surface area contributed by atoms with E-state index in [1.165, 1.54) is 31.4 Å². The lowest BCUT2D eigenvalue weighted by atomic mass is 10.1. The molecule has 3 aromatic carbocycles. The summed E-state index contributed by atoms with van der Waals surface area (Å²) < 4.78 is 33.1. The van der Waals surface area contributed by atoms with Gasteiger partial charge in [-0.2, -0.15) is 0 Å². The van der Waals surface area contributed by atoms with E-state index in [4.69, 9.17) is 16.3 Å². The number of halogens is 1. The number of aromatic hydroxyl groups is 1. The van der Waals surface area contributed by atoms with Crippen molar-refractivity contribution >= 4 is 38.9 Å². The molecule has 9 heteroatoms. The third kappa shape index (κ3) is 5.68. The van der Waals surface area contributed by atoms with Gasteiger partial charge in [0.15, 0.2) is 0 Å². The number of methoxy groups -OCH3 is 1. The number of amides is 1. The van der Waals surface area contributed by atoms with Gasteiger partial charge in [0, 0.05) is 10.6 Å². The van der Waals surface area contributed by atoms with E-state index in [1.54, 1.807) is 24.3 Å². The second-order valence-corrected chi connectivity index (χ2v) is 8.95. The van der Waals surface area contributed by atoms with Crippen LogP contribution in [0.1, 0.15) is 11.1 Å². The van der Waals surface area contributed by atoms with Gasteiger partial charge < -0.3 is 15.2 Å². The number of ether oxygens (including phenoxy) is 1. The predicted molar refractivity (Wildman–Crippen MR) is 120 cm³/mol. The zero-order chi connectivity index (χ0) is 22.6. The molecular weight excluding hydrogens is 440 g/mol. The number of rotatable bonds is 7. The number of carbonyl (C=O) groups excluding carboxylic acids is 1. The van der Waals surface area contributed by atoms with Gasteiger partial charge in [0.2, 0.25) is 5.91 Å². The van der Waals surface area contributed by atoms with E-state index in [-0.39, 0.29) is 28.4 Å². The van der Waals surface area contributed by atoms with Gasteiger partial charge in [0.25, 0.3) is 10.0 Å². The van der Waals surface area contributed by atoms with E-state index >= 15 is 0 Å². The zero-order valence-electron chi connectivity index (χ0n) is 16.8. The second kappa shape index (κ2) is 9.28. The van der Waals surface area contributed by atoms with Crippen molar-refractivity contribution in [3.63, 3.8) is 0 Å². The SMILES string of the molecule is COc1ccc(C)cc1CC(=O)Nc1cc(S(=O)(=O)Nc2cccc(Cl)c2)ccc1O. The molecule has 0 atom stereocenters. The van der Waals surface area contributed by atoms with Gasteiger partial charge in [-0.05, 0) is 49.4 Å². The summed E-state index contributed by atoms with van der Waals surface area (Å²) in [6.07, 6.45) is -0.0119. The Morgan fingerprint density at radius 3 is 2.58 bits per heavy atom. The van der Waals surface area contributed by atoms with Gasteiger partial charge >= 0.3 is 0 Å². The van der Waals surface area contributed by atoms with E-state index in [0.717, 1.165) is 5.56 Å². The second-order valence-electron chi connectivity index (χ2n) is 6.84. The fourth-order valence-corrected chi connectivity index (χ4v) is 4.23. The van der Waals surface area contributed by atoms with Crippen LogP contribution in [-0.4, -0.2) is 26.5 Å². The zero-order valence-corrected chi connectivity index (χ0v) is 18.4. The Bertz CT molecular complexity index is 1230. The summed E-state index contributed by atoms with van der Waals surface area (Å²) in [6.45, 7) is 1.90. The van der Waals surface area contributed by atoms with Crippen LogP contribution in [-0.2, 0) is 21.2 Å². The molecule has 0 aromatic heterocycles. The summed E-state index contributed by atoms with van der Waals surface area (Å²) in [6, 6.07) is 15.4. The lowest BCUT2D eigenvalue weighted by Gasteiger charge is -2.13. The van der Waals surface area contributed by atoms with E-state index < -0.39 is 15.9 Å². The molecule has 0 unspecified atom stereocenters. The molecule has 0 saturated heterocycles. The Morgan fingerprint density at radius 1 is 1.10 bits per heavy atom. The average Bonchev–Trinajstić information content (AvgIpc) is 2.69. The molecule has 162 valence electrons. The molecule has 7 nitrogen and oxygen atoms in total. The number of phenolic OH excluding ortho intramolecular Hbond substituents is 1. The number of anilines is 2. The molecule has 3 N–H and O–H groups in total. The van der Waals surface area contributed by atoms with Crippen molar-refractivity contribution in [2.24, 2.45) is 0 Å². The van der Waals surface area contributed by atoms with Crippen LogP contribution in [0.25, 0.3) is 0 Å². The first-order valence-corrected chi connectivity index (χ1v) is 11.1. The van der Waals surface area contributed by atoms with Crippen LogP contribution in [0.3, 0.4) is 0 Å². The Labute approximate surface area is 185 Å². The van der Waals surface area contributed by atoms with Crippen molar-refractivity contribution in [1.29, 1.82) is 0 Å². The van der Waals surface area contributed by atoms with Crippen molar-refractivity contribution in [3.8, 4) is 11.5 Å². The molecule has 3 aromatic rings. The summed E-state index contributed by atoms with van der Waals surface area (Å²) in [5, 5.41) is 13.1. The highest BCUT2D eigenvalue weighted by molar-refractivity contribution is 7.92. The molecule has 0 heterocycles. The monoisotopic (exact) mass is 460 g/mol. The number of hydrogen-bond donors (Lipinski definition) is 3. The Balaban J connectivity index is 1.81. The summed E-state index contributed by atoms with van der Waals surface area (Å²) >= 11 is 5.90. The van der Waals surface area contributed by atoms with Crippen LogP contribution < -0.4 is 14.8 Å². The first-order chi connectivity index (χ1) is 14.7. The topological polar surface area (TPSA) is 105 Å². The summed E-state index contributed by atoms with van der Waals surface area (Å²) in [5.41, 5.74) is 1.90. The largest absolute Gasteiger partial charge is 0.506 e. The van der Waals surface area contributed by atoms with Gasteiger partial charge in [-0.1, -0.05) is 35.4 Å². The third-order valence-electron chi connectivity index (χ3n) is 4.42. The van der Waals surface area contributed by atoms with E-state index in [9.17, 15) is 18.3 Å². The fraction of sp³-hybridized carbons (Fsp3) is 0.136. The van der Waals surface area contributed by atoms with Gasteiger partial charge in [0.1, 0.15) is 11.5 Å². The normalized spacial score (nSPS) is 11.1. The lowest BCUT2D eigenvalue weighted by molar-refractivity contribution is -0.115. The number of benzene rings is 3. The van der Waals surface area contributed by atoms with Crippen LogP contribution in [0.15, 0.2) is 65.6 Å². The van der Waals surface area contributed by atoms with Gasteiger partial charge in [-0.25, -0.2) is 8.42 Å². The highest BCUT2D eigenvalue weighted by Crippen LogP contribution is 2.29. The number of hydrogen-bond acceptors (Lipinski definition) is 5. The highest BCUT2D eigenvalue weighted by Gasteiger charge is 2.18. The molecule has 3 rings (SSSR count). The summed E-state index contributed by atoms with van der Waals surface area (Å²) in [7, 11) is -2.46. The van der Waals surface area contributed by atoms with Crippen molar-refractivity contribution in [1.82, 2.24) is 0 Å². The molecular formula is C22H21ClN2O5S. The molecule has 0 aliphatic carbocycles. The maximum atomic E-state index is 12.7. The molecule has 0 fully saturated rings. The molecule has 1 amide bonds. The standard InChI is InChI=1S/C22H21ClN2O5S/c1-14-6-9-21(30-2)15(10-14)11-22(27)24-19-13-18(7-8-20(19)26)31(28,29)25-17-5-3-4-16(23)12-17/h3-10,12-13,25-26H,11H2,1-2H3,(H,24,27). The predicted octanol–water partition coefficient (Wildman–Crippen LogP) is 4.34. The third-order valence-corrected chi connectivity index (χ3v) is 6.03. The number of aryl methyl sites for hydroxylation is 1. The fourth-order valence-electron chi connectivity index (χ4n) is 2.96. The van der Waals surface area contributed by atoms with Crippen molar-refractivity contribution in [2.75, 3.05) is 17.1 Å². The van der Waals surface area contributed by atoms with Crippen LogP contribution in [0, 0.1) is 6.92 Å². The minimum absolute atomic E-state index is 0.0119. The van der Waals surface area contributed by atoms with Crippen LogP contribution in [0.2, 0.25) is 5.02 Å². The van der Waals surface area contributed by atoms with E-state index in [1.807, 2.05) is 19.1 Å². The number of sulfonamides is 1. The number of carbonyl (C=O) groups is 1. The van der Waals surface area contributed by atoms with Gasteiger partial charge in [-0.15, -0.1) is 0 Å². The molecule has 0 saturated carbocycles. The number of nitrogens with one attached hydrogen (secondary N) is 2. The molecule has 31 heavy (non-hydrogen) atoms. The minimum Gasteiger partial charge on any atom is -0.506 e. The quantitative estimate of drug-likeness (QED) is 0.455. The van der Waals surface area contributed by atoms with E-state index in [2.05, 4.69) is 10.0 Å². The van der Waals surface area contributed by atoms with Gasteiger partial charge in [-0.3, -0.25) is 9.52 Å². The van der Waals surface area contributed by atoms with Crippen LogP contribution >= 0.6 is 11.6 Å². The van der Waals surface area contributed by atoms with Crippen LogP contribution in [0.5, 0.6) is 11.5 Å². The minimum atomic E-state index is -3.97. The van der Waals surface area contributed by atoms with Crippen molar-refractivity contribution in [2.45, 2.75) is 18.2 Å². The Kier molecular flexibility index (Phi) is 6.72. The van der Waals surface area contributed by atoms with Crippen molar-refractivity contribution < 1.29 is 23.1 Å². The molecule has 0 aliphatic rings. The molecule has 0 aliphatic heterocycles. The molecule has 0 radical (unpaired) electrons. The number of phenols is 1. The Morgan fingerprint density at radius 2 is 1.87 bits per heavy atom. The summed E-state index contributed by atoms with van der Waals surface area (Å²) in [4.78, 5) is 12.4. The van der Waals surface area contributed by atoms with E-state index in [0.29, 0.717) is 16.3 Å². The highest BCUT2D eigenvalue weighted by atomic mass is 35.5. The summed E-state index contributed by atoms with van der Waals surface area (Å²) in [5.74, 6) is -0.130. The first-order valence-electron chi connectivity index (χ1n) is 9.23. The van der Waals surface area contributed by atoms with Gasteiger partial charge in [0.05, 0.1) is 29.8 Å². The van der Waals surface area contributed by atoms with Crippen LogP contribution in [0.4, 0.5) is 11.4 Å². The smallest absolute Gasteiger partial charge is 0.261 e. The maximum absolute atomic E-state index is 12.7.